The van der Waals surface area contributed by atoms with E-state index in [4.69, 9.17) is 46.4 Å². The van der Waals surface area contributed by atoms with Gasteiger partial charge in [0.2, 0.25) is 21.8 Å². The number of nitrogens with zero attached hydrogens (tertiary/aromatic N) is 2. The molecule has 0 aliphatic rings. The summed E-state index contributed by atoms with van der Waals surface area (Å²) in [6.45, 7) is 5.78. The molecule has 0 radical (unpaired) electrons. The summed E-state index contributed by atoms with van der Waals surface area (Å²) in [4.78, 5) is 28.1. The van der Waals surface area contributed by atoms with Gasteiger partial charge in [0.05, 0.1) is 17.0 Å². The van der Waals surface area contributed by atoms with E-state index in [0.717, 1.165) is 17.0 Å². The highest BCUT2D eigenvalue weighted by molar-refractivity contribution is 7.92. The molecular weight excluding hydrogens is 592 g/mol. The number of hydrogen-bond acceptors (Lipinski definition) is 4. The van der Waals surface area contributed by atoms with Crippen LogP contribution in [-0.2, 0) is 26.2 Å². The predicted molar refractivity (Wildman–Crippen MR) is 157 cm³/mol. The standard InChI is InChI=1S/C26H33Cl4N3O4S/c1-5-17(3)31-26(35)23(6-2)32(16-18-9-10-19(27)14-22(18)30)25(34)8-7-13-33(38(4,36)37)24-15-20(28)11-12-21(24)29/h9-12,14-15,17,23H,5-8,13,16H2,1-4H3,(H,31,35)/t17-,23-/m0/s1. The number of halogens is 4. The maximum Gasteiger partial charge on any atom is 0.243 e. The minimum absolute atomic E-state index is 0.00393. The van der Waals surface area contributed by atoms with Gasteiger partial charge in [0.15, 0.2) is 0 Å². The van der Waals surface area contributed by atoms with Crippen molar-refractivity contribution in [2.24, 2.45) is 0 Å². The van der Waals surface area contributed by atoms with Gasteiger partial charge in [0.1, 0.15) is 6.04 Å². The van der Waals surface area contributed by atoms with E-state index in [-0.39, 0.29) is 54.5 Å². The number of hydrogen-bond donors (Lipinski definition) is 1. The predicted octanol–water partition coefficient (Wildman–Crippen LogP) is 6.57. The molecular formula is C26H33Cl4N3O4S. The zero-order valence-electron chi connectivity index (χ0n) is 21.8. The van der Waals surface area contributed by atoms with Gasteiger partial charge >= 0.3 is 0 Å². The van der Waals surface area contributed by atoms with Crippen LogP contribution in [0.3, 0.4) is 0 Å². The Morgan fingerprint density at radius 3 is 2.16 bits per heavy atom. The Kier molecular flexibility index (Phi) is 12.5. The fourth-order valence-electron chi connectivity index (χ4n) is 3.85. The number of nitrogens with one attached hydrogen (secondary N) is 1. The quantitative estimate of drug-likeness (QED) is 0.273. The highest BCUT2D eigenvalue weighted by atomic mass is 35.5. The van der Waals surface area contributed by atoms with Gasteiger partial charge in [-0.25, -0.2) is 8.42 Å². The Hall–Kier alpha value is -1.71. The fraction of sp³-hybridized carbons (Fsp3) is 0.462. The van der Waals surface area contributed by atoms with Crippen molar-refractivity contribution in [3.63, 3.8) is 0 Å². The van der Waals surface area contributed by atoms with Gasteiger partial charge in [0.25, 0.3) is 0 Å². The Morgan fingerprint density at radius 1 is 0.947 bits per heavy atom. The minimum Gasteiger partial charge on any atom is -0.352 e. The van der Waals surface area contributed by atoms with Gasteiger partial charge in [-0.3, -0.25) is 13.9 Å². The van der Waals surface area contributed by atoms with Crippen LogP contribution in [-0.4, -0.2) is 50.0 Å². The van der Waals surface area contributed by atoms with Crippen molar-refractivity contribution in [2.45, 2.75) is 65.1 Å². The number of carbonyl (C=O) groups excluding carboxylic acids is 2. The zero-order chi connectivity index (χ0) is 28.6. The second-order valence-electron chi connectivity index (χ2n) is 9.03. The zero-order valence-corrected chi connectivity index (χ0v) is 25.6. The van der Waals surface area contributed by atoms with Crippen LogP contribution in [0.2, 0.25) is 20.1 Å². The summed E-state index contributed by atoms with van der Waals surface area (Å²) < 4.78 is 26.2. The number of sulfonamides is 1. The molecule has 7 nitrogen and oxygen atoms in total. The van der Waals surface area contributed by atoms with Gasteiger partial charge in [-0.05, 0) is 62.1 Å². The molecule has 0 aliphatic carbocycles. The van der Waals surface area contributed by atoms with Crippen LogP contribution in [0.1, 0.15) is 52.0 Å². The van der Waals surface area contributed by atoms with Crippen molar-refractivity contribution in [1.82, 2.24) is 10.2 Å². The lowest BCUT2D eigenvalue weighted by Crippen LogP contribution is -2.50. The molecule has 2 aromatic carbocycles. The summed E-state index contributed by atoms with van der Waals surface area (Å²) in [6, 6.07) is 8.72. The lowest BCUT2D eigenvalue weighted by atomic mass is 10.1. The van der Waals surface area contributed by atoms with Gasteiger partial charge in [-0.1, -0.05) is 66.3 Å². The van der Waals surface area contributed by atoms with Crippen LogP contribution >= 0.6 is 46.4 Å². The Bertz CT molecular complexity index is 1240. The lowest BCUT2D eigenvalue weighted by Gasteiger charge is -2.32. The Labute approximate surface area is 245 Å². The first kappa shape index (κ1) is 32.5. The third-order valence-corrected chi connectivity index (χ3v) is 8.39. The van der Waals surface area contributed by atoms with Gasteiger partial charge in [-0.15, -0.1) is 0 Å². The summed E-state index contributed by atoms with van der Waals surface area (Å²) >= 11 is 24.7. The molecule has 0 spiro atoms. The van der Waals surface area contributed by atoms with E-state index < -0.39 is 16.1 Å². The summed E-state index contributed by atoms with van der Waals surface area (Å²) in [7, 11) is -3.71. The van der Waals surface area contributed by atoms with Crippen molar-refractivity contribution in [2.75, 3.05) is 17.1 Å². The van der Waals surface area contributed by atoms with Crippen LogP contribution in [0.15, 0.2) is 36.4 Å². The molecule has 2 atom stereocenters. The molecule has 12 heteroatoms. The summed E-state index contributed by atoms with van der Waals surface area (Å²) in [5.74, 6) is -0.573. The second kappa shape index (κ2) is 14.6. The van der Waals surface area contributed by atoms with E-state index in [1.807, 2.05) is 20.8 Å². The van der Waals surface area contributed by atoms with Crippen LogP contribution in [0.4, 0.5) is 5.69 Å². The van der Waals surface area contributed by atoms with Gasteiger partial charge < -0.3 is 10.2 Å². The maximum absolute atomic E-state index is 13.5. The molecule has 38 heavy (non-hydrogen) atoms. The number of benzene rings is 2. The average Bonchev–Trinajstić information content (AvgIpc) is 2.83. The molecule has 0 bridgehead atoms. The fourth-order valence-corrected chi connectivity index (χ4v) is 5.73. The molecule has 1 N–H and O–H groups in total. The van der Waals surface area contributed by atoms with Crippen molar-refractivity contribution >= 4 is 73.9 Å². The average molecular weight is 625 g/mol. The van der Waals surface area contributed by atoms with Crippen LogP contribution in [0.25, 0.3) is 0 Å². The van der Waals surface area contributed by atoms with Crippen LogP contribution < -0.4 is 9.62 Å². The monoisotopic (exact) mass is 623 g/mol. The highest BCUT2D eigenvalue weighted by Crippen LogP contribution is 2.31. The van der Waals surface area contributed by atoms with Gasteiger partial charge in [-0.2, -0.15) is 0 Å². The number of carbonyl (C=O) groups is 2. The van der Waals surface area contributed by atoms with E-state index in [1.165, 1.54) is 17.0 Å². The van der Waals surface area contributed by atoms with Crippen molar-refractivity contribution < 1.29 is 18.0 Å². The lowest BCUT2D eigenvalue weighted by molar-refractivity contribution is -0.141. The SMILES string of the molecule is CC[C@H](C)NC(=O)[C@H](CC)N(Cc1ccc(Cl)cc1Cl)C(=O)CCCN(c1cc(Cl)ccc1Cl)S(C)(=O)=O. The molecule has 2 rings (SSSR count). The van der Waals surface area contributed by atoms with E-state index in [2.05, 4.69) is 5.32 Å². The largest absolute Gasteiger partial charge is 0.352 e. The molecule has 0 unspecified atom stereocenters. The molecule has 2 amide bonds. The molecule has 0 aromatic heterocycles. The number of anilines is 1. The smallest absolute Gasteiger partial charge is 0.243 e. The Morgan fingerprint density at radius 2 is 1.58 bits per heavy atom. The van der Waals surface area contributed by atoms with E-state index >= 15 is 0 Å². The topological polar surface area (TPSA) is 86.8 Å². The first-order chi connectivity index (χ1) is 17.8. The summed E-state index contributed by atoms with van der Waals surface area (Å²) in [5, 5.41) is 4.34. The molecule has 0 aliphatic heterocycles. The second-order valence-corrected chi connectivity index (χ2v) is 12.6. The van der Waals surface area contributed by atoms with E-state index in [9.17, 15) is 18.0 Å². The third kappa shape index (κ3) is 9.19. The first-order valence-electron chi connectivity index (χ1n) is 12.2. The van der Waals surface area contributed by atoms with Crippen molar-refractivity contribution in [1.29, 1.82) is 0 Å². The molecule has 0 heterocycles. The van der Waals surface area contributed by atoms with Crippen LogP contribution in [0.5, 0.6) is 0 Å². The molecule has 0 saturated carbocycles. The molecule has 0 saturated heterocycles. The maximum atomic E-state index is 13.5. The van der Waals surface area contributed by atoms with Crippen LogP contribution in [0, 0.1) is 0 Å². The summed E-state index contributed by atoms with van der Waals surface area (Å²) in [6.07, 6.45) is 2.36. The first-order valence-corrected chi connectivity index (χ1v) is 15.6. The number of rotatable bonds is 13. The third-order valence-electron chi connectivity index (χ3n) is 6.07. The molecule has 0 fully saturated rings. The van der Waals surface area contributed by atoms with Gasteiger partial charge in [0, 0.05) is 40.6 Å². The number of amides is 2. The molecule has 2 aromatic rings. The van der Waals surface area contributed by atoms with Crippen molar-refractivity contribution in [3.05, 3.63) is 62.1 Å². The van der Waals surface area contributed by atoms with Crippen molar-refractivity contribution in [3.8, 4) is 0 Å². The van der Waals surface area contributed by atoms with E-state index in [0.29, 0.717) is 27.1 Å². The normalized spacial score (nSPS) is 13.1. The highest BCUT2D eigenvalue weighted by Gasteiger charge is 2.30. The van der Waals surface area contributed by atoms with E-state index in [1.54, 1.807) is 24.3 Å². The molecule has 210 valence electrons. The minimum atomic E-state index is -3.71. The Balaban J connectivity index is 2.30. The summed E-state index contributed by atoms with van der Waals surface area (Å²) in [5.41, 5.74) is 0.876.